The lowest BCUT2D eigenvalue weighted by Crippen LogP contribution is -2.45. The largest absolute Gasteiger partial charge is 0.485 e. The van der Waals surface area contributed by atoms with Crippen molar-refractivity contribution in [2.45, 2.75) is 18.9 Å². The fraction of sp³-hybridized carbons (Fsp3) is 0.364. The minimum atomic E-state index is -0.536. The molecule has 0 radical (unpaired) electrons. The van der Waals surface area contributed by atoms with Crippen LogP contribution in [-0.4, -0.2) is 17.9 Å². The lowest BCUT2D eigenvalue weighted by molar-refractivity contribution is 0.0568. The molecule has 14 heavy (non-hydrogen) atoms. The molecule has 3 heteroatoms. The van der Waals surface area contributed by atoms with Gasteiger partial charge in [0, 0.05) is 6.54 Å². The number of ether oxygens (including phenoxy) is 1. The molecule has 1 aliphatic heterocycles. The molecule has 3 nitrogen and oxygen atoms in total. The Kier molecular flexibility index (Phi) is 2.04. The number of carbonyl (C=O) groups is 1. The molecular weight excluding hydrogens is 178 g/mol. The van der Waals surface area contributed by atoms with Crippen LogP contribution in [0.15, 0.2) is 24.3 Å². The molecule has 0 aromatic heterocycles. The quantitative estimate of drug-likeness (QED) is 0.729. The highest BCUT2D eigenvalue weighted by Crippen LogP contribution is 2.32. The van der Waals surface area contributed by atoms with Crippen molar-refractivity contribution in [2.75, 3.05) is 6.54 Å². The number of fused-ring (bicyclic) bond motifs is 1. The van der Waals surface area contributed by atoms with Crippen LogP contribution in [0.4, 0.5) is 0 Å². The standard InChI is InChI=1S/C11H13NO2/c1-11(7-12)6-9(13)8-4-2-3-5-10(8)14-11/h2-5H,6-7,12H2,1H3. The molecule has 0 spiro atoms. The molecule has 74 valence electrons. The molecule has 1 heterocycles. The summed E-state index contributed by atoms with van der Waals surface area (Å²) in [7, 11) is 0. The summed E-state index contributed by atoms with van der Waals surface area (Å²) in [4.78, 5) is 11.7. The zero-order valence-corrected chi connectivity index (χ0v) is 8.12. The van der Waals surface area contributed by atoms with Gasteiger partial charge in [0.2, 0.25) is 0 Å². The molecule has 0 saturated carbocycles. The average Bonchev–Trinajstić information content (AvgIpc) is 2.18. The molecule has 1 aromatic carbocycles. The molecule has 0 bridgehead atoms. The summed E-state index contributed by atoms with van der Waals surface area (Å²) >= 11 is 0. The number of Topliss-reactive ketones (excluding diaryl/α,β-unsaturated/α-hetero) is 1. The first-order valence-electron chi connectivity index (χ1n) is 4.66. The van der Waals surface area contributed by atoms with Gasteiger partial charge in [0.15, 0.2) is 5.78 Å². The van der Waals surface area contributed by atoms with Crippen LogP contribution >= 0.6 is 0 Å². The van der Waals surface area contributed by atoms with Crippen molar-refractivity contribution in [3.8, 4) is 5.75 Å². The number of ketones is 1. The van der Waals surface area contributed by atoms with E-state index in [4.69, 9.17) is 10.5 Å². The monoisotopic (exact) mass is 191 g/mol. The van der Waals surface area contributed by atoms with Gasteiger partial charge in [-0.15, -0.1) is 0 Å². The zero-order chi connectivity index (χ0) is 10.2. The normalized spacial score (nSPS) is 25.4. The molecule has 1 atom stereocenters. The maximum atomic E-state index is 11.7. The van der Waals surface area contributed by atoms with Gasteiger partial charge in [0.05, 0.1) is 12.0 Å². The molecule has 1 unspecified atom stereocenters. The third-order valence-electron chi connectivity index (χ3n) is 2.51. The van der Waals surface area contributed by atoms with E-state index in [1.54, 1.807) is 12.1 Å². The van der Waals surface area contributed by atoms with Gasteiger partial charge >= 0.3 is 0 Å². The second kappa shape index (κ2) is 3.10. The fourth-order valence-corrected chi connectivity index (χ4v) is 1.64. The Labute approximate surface area is 82.9 Å². The number of benzene rings is 1. The topological polar surface area (TPSA) is 52.3 Å². The van der Waals surface area contributed by atoms with Gasteiger partial charge in [-0.1, -0.05) is 12.1 Å². The van der Waals surface area contributed by atoms with Crippen LogP contribution in [0.5, 0.6) is 5.75 Å². The first-order chi connectivity index (χ1) is 6.64. The predicted octanol–water partition coefficient (Wildman–Crippen LogP) is 1.37. The van der Waals surface area contributed by atoms with Crippen LogP contribution in [0.3, 0.4) is 0 Å². The molecular formula is C11H13NO2. The van der Waals surface area contributed by atoms with Gasteiger partial charge in [-0.3, -0.25) is 4.79 Å². The van der Waals surface area contributed by atoms with Gasteiger partial charge in [0.1, 0.15) is 11.4 Å². The smallest absolute Gasteiger partial charge is 0.170 e. The van der Waals surface area contributed by atoms with E-state index in [0.29, 0.717) is 24.3 Å². The summed E-state index contributed by atoms with van der Waals surface area (Å²) in [6.45, 7) is 2.22. The van der Waals surface area contributed by atoms with E-state index < -0.39 is 5.60 Å². The van der Waals surface area contributed by atoms with Crippen LogP contribution in [0.2, 0.25) is 0 Å². The highest BCUT2D eigenvalue weighted by Gasteiger charge is 2.34. The van der Waals surface area contributed by atoms with Gasteiger partial charge in [-0.05, 0) is 19.1 Å². The Morgan fingerprint density at radius 3 is 2.93 bits per heavy atom. The molecule has 1 aromatic rings. The van der Waals surface area contributed by atoms with Crippen LogP contribution in [-0.2, 0) is 0 Å². The van der Waals surface area contributed by atoms with Crippen molar-refractivity contribution < 1.29 is 9.53 Å². The van der Waals surface area contributed by atoms with Gasteiger partial charge in [-0.25, -0.2) is 0 Å². The van der Waals surface area contributed by atoms with Gasteiger partial charge < -0.3 is 10.5 Å². The third kappa shape index (κ3) is 1.40. The Bertz CT molecular complexity index is 375. The van der Waals surface area contributed by atoms with E-state index in [1.807, 2.05) is 19.1 Å². The van der Waals surface area contributed by atoms with Crippen molar-refractivity contribution >= 4 is 5.78 Å². The zero-order valence-electron chi connectivity index (χ0n) is 8.12. The van der Waals surface area contributed by atoms with Crippen LogP contribution in [0, 0.1) is 0 Å². The third-order valence-corrected chi connectivity index (χ3v) is 2.51. The average molecular weight is 191 g/mol. The van der Waals surface area contributed by atoms with E-state index in [2.05, 4.69) is 0 Å². The first-order valence-corrected chi connectivity index (χ1v) is 4.66. The minimum absolute atomic E-state index is 0.111. The SMILES string of the molecule is CC1(CN)CC(=O)c2ccccc2O1. The van der Waals surface area contributed by atoms with Crippen molar-refractivity contribution in [2.24, 2.45) is 5.73 Å². The summed E-state index contributed by atoms with van der Waals surface area (Å²) in [5.41, 5.74) is 5.71. The van der Waals surface area contributed by atoms with E-state index in [1.165, 1.54) is 0 Å². The number of nitrogens with two attached hydrogens (primary N) is 1. The van der Waals surface area contributed by atoms with Crippen molar-refractivity contribution in [3.05, 3.63) is 29.8 Å². The van der Waals surface area contributed by atoms with E-state index in [-0.39, 0.29) is 5.78 Å². The lowest BCUT2D eigenvalue weighted by atomic mass is 9.92. The lowest BCUT2D eigenvalue weighted by Gasteiger charge is -2.33. The van der Waals surface area contributed by atoms with Gasteiger partial charge in [-0.2, -0.15) is 0 Å². The summed E-state index contributed by atoms with van der Waals surface area (Å²) in [5, 5.41) is 0. The Balaban J connectivity index is 2.43. The summed E-state index contributed by atoms with van der Waals surface area (Å²) in [5.74, 6) is 0.761. The van der Waals surface area contributed by atoms with Crippen molar-refractivity contribution in [1.29, 1.82) is 0 Å². The number of rotatable bonds is 1. The molecule has 1 aliphatic rings. The Morgan fingerprint density at radius 2 is 2.21 bits per heavy atom. The van der Waals surface area contributed by atoms with Crippen molar-refractivity contribution in [1.82, 2.24) is 0 Å². The van der Waals surface area contributed by atoms with Crippen LogP contribution in [0.25, 0.3) is 0 Å². The fourth-order valence-electron chi connectivity index (χ4n) is 1.64. The minimum Gasteiger partial charge on any atom is -0.485 e. The van der Waals surface area contributed by atoms with Crippen LogP contribution < -0.4 is 10.5 Å². The predicted molar refractivity (Wildman–Crippen MR) is 53.5 cm³/mol. The van der Waals surface area contributed by atoms with E-state index in [0.717, 1.165) is 0 Å². The summed E-state index contributed by atoms with van der Waals surface area (Å²) < 4.78 is 5.69. The highest BCUT2D eigenvalue weighted by atomic mass is 16.5. The maximum absolute atomic E-state index is 11.7. The Hall–Kier alpha value is -1.35. The van der Waals surface area contributed by atoms with Crippen LogP contribution in [0.1, 0.15) is 23.7 Å². The molecule has 0 saturated heterocycles. The second-order valence-electron chi connectivity index (χ2n) is 3.85. The maximum Gasteiger partial charge on any atom is 0.170 e. The number of hydrogen-bond acceptors (Lipinski definition) is 3. The number of hydrogen-bond donors (Lipinski definition) is 1. The molecule has 0 fully saturated rings. The van der Waals surface area contributed by atoms with Gasteiger partial charge in [0.25, 0.3) is 0 Å². The van der Waals surface area contributed by atoms with Crippen molar-refractivity contribution in [3.63, 3.8) is 0 Å². The molecule has 2 N–H and O–H groups in total. The Morgan fingerprint density at radius 1 is 1.50 bits per heavy atom. The summed E-state index contributed by atoms with van der Waals surface area (Å²) in [6, 6.07) is 7.29. The highest BCUT2D eigenvalue weighted by molar-refractivity contribution is 6.00. The molecule has 0 amide bonds. The molecule has 0 aliphatic carbocycles. The first kappa shape index (κ1) is 9.21. The number of carbonyl (C=O) groups excluding carboxylic acids is 1. The summed E-state index contributed by atoms with van der Waals surface area (Å²) in [6.07, 6.45) is 0.362. The molecule has 2 rings (SSSR count). The number of para-hydroxylation sites is 1. The second-order valence-corrected chi connectivity index (χ2v) is 3.85. The van der Waals surface area contributed by atoms with E-state index >= 15 is 0 Å². The van der Waals surface area contributed by atoms with E-state index in [9.17, 15) is 4.79 Å².